The molecule has 0 radical (unpaired) electrons. The molecule has 0 aromatic heterocycles. The largest absolute Gasteiger partial charge is 0.508 e. The molecular formula is C24H22N2O3. The second-order valence-electron chi connectivity index (χ2n) is 7.39. The van der Waals surface area contributed by atoms with E-state index in [9.17, 15) is 15.0 Å². The lowest BCUT2D eigenvalue weighted by Crippen LogP contribution is -2.25. The van der Waals surface area contributed by atoms with Gasteiger partial charge in [0.15, 0.2) is 0 Å². The highest BCUT2D eigenvalue weighted by molar-refractivity contribution is 5.89. The van der Waals surface area contributed by atoms with Crippen molar-refractivity contribution in [1.29, 1.82) is 0 Å². The van der Waals surface area contributed by atoms with Crippen molar-refractivity contribution in [3.05, 3.63) is 95.1 Å². The molecule has 0 saturated heterocycles. The van der Waals surface area contributed by atoms with Gasteiger partial charge >= 0.3 is 0 Å². The van der Waals surface area contributed by atoms with E-state index in [1.807, 2.05) is 36.4 Å². The van der Waals surface area contributed by atoms with Gasteiger partial charge in [0.1, 0.15) is 11.5 Å². The number of aromatic hydroxyl groups is 2. The van der Waals surface area contributed by atoms with Crippen LogP contribution in [0.4, 0.5) is 0 Å². The summed E-state index contributed by atoms with van der Waals surface area (Å²) in [5.74, 6) is -0.492. The normalized spacial score (nSPS) is 17.2. The number of phenols is 2. The molecule has 5 heteroatoms. The minimum Gasteiger partial charge on any atom is -0.508 e. The second-order valence-corrected chi connectivity index (χ2v) is 7.39. The van der Waals surface area contributed by atoms with Crippen LogP contribution in [0.15, 0.2) is 77.9 Å². The molecule has 3 aromatic carbocycles. The SMILES string of the molecule is Cc1cc(O)cc(O)c1/C=N/NC(=O)C1CC1(c1ccccc1)c1ccccc1. The lowest BCUT2D eigenvalue weighted by molar-refractivity contribution is -0.122. The van der Waals surface area contributed by atoms with Crippen molar-refractivity contribution in [2.45, 2.75) is 18.8 Å². The number of benzene rings is 3. The Labute approximate surface area is 169 Å². The van der Waals surface area contributed by atoms with E-state index in [-0.39, 0.29) is 28.7 Å². The fraction of sp³-hybridized carbons (Fsp3) is 0.167. The summed E-state index contributed by atoms with van der Waals surface area (Å²) in [6.07, 6.45) is 2.11. The van der Waals surface area contributed by atoms with Crippen molar-refractivity contribution in [3.8, 4) is 11.5 Å². The number of hydrogen-bond donors (Lipinski definition) is 3. The maximum Gasteiger partial charge on any atom is 0.244 e. The summed E-state index contributed by atoms with van der Waals surface area (Å²) in [6, 6.07) is 22.9. The van der Waals surface area contributed by atoms with Gasteiger partial charge in [-0.2, -0.15) is 5.10 Å². The van der Waals surface area contributed by atoms with Crippen molar-refractivity contribution in [3.63, 3.8) is 0 Å². The Bertz CT molecular complexity index is 999. The Morgan fingerprint density at radius 3 is 2.17 bits per heavy atom. The molecule has 1 aliphatic carbocycles. The van der Waals surface area contributed by atoms with Gasteiger partial charge < -0.3 is 10.2 Å². The van der Waals surface area contributed by atoms with Crippen molar-refractivity contribution in [1.82, 2.24) is 5.43 Å². The molecule has 5 nitrogen and oxygen atoms in total. The highest BCUT2D eigenvalue weighted by atomic mass is 16.3. The Hall–Kier alpha value is -3.60. The summed E-state index contributed by atoms with van der Waals surface area (Å²) >= 11 is 0. The van der Waals surface area contributed by atoms with Crippen molar-refractivity contribution < 1.29 is 15.0 Å². The minimum atomic E-state index is -0.348. The van der Waals surface area contributed by atoms with Crippen LogP contribution < -0.4 is 5.43 Å². The minimum absolute atomic E-state index is 0.0188. The first-order valence-electron chi connectivity index (χ1n) is 9.49. The average Bonchev–Trinajstić information content (AvgIpc) is 3.48. The average molecular weight is 386 g/mol. The third-order valence-electron chi connectivity index (χ3n) is 5.57. The van der Waals surface area contributed by atoms with E-state index in [0.717, 1.165) is 11.1 Å². The number of hydrogen-bond acceptors (Lipinski definition) is 4. The highest BCUT2D eigenvalue weighted by Crippen LogP contribution is 2.58. The van der Waals surface area contributed by atoms with Gasteiger partial charge in [-0.15, -0.1) is 0 Å². The van der Waals surface area contributed by atoms with E-state index in [4.69, 9.17) is 0 Å². The quantitative estimate of drug-likeness (QED) is 0.460. The van der Waals surface area contributed by atoms with Crippen molar-refractivity contribution >= 4 is 12.1 Å². The van der Waals surface area contributed by atoms with Gasteiger partial charge in [-0.25, -0.2) is 5.43 Å². The van der Waals surface area contributed by atoms with Crippen LogP contribution >= 0.6 is 0 Å². The predicted octanol–water partition coefficient (Wildman–Crippen LogP) is 3.86. The lowest BCUT2D eigenvalue weighted by atomic mass is 9.85. The van der Waals surface area contributed by atoms with Crippen LogP contribution in [0.1, 0.15) is 28.7 Å². The predicted molar refractivity (Wildman–Crippen MR) is 112 cm³/mol. The number of carbonyl (C=O) groups excluding carboxylic acids is 1. The van der Waals surface area contributed by atoms with E-state index in [2.05, 4.69) is 34.8 Å². The zero-order valence-corrected chi connectivity index (χ0v) is 16.0. The van der Waals surface area contributed by atoms with Crippen LogP contribution in [-0.2, 0) is 10.2 Å². The van der Waals surface area contributed by atoms with Gasteiger partial charge in [0.2, 0.25) is 5.91 Å². The summed E-state index contributed by atoms with van der Waals surface area (Å²) < 4.78 is 0. The van der Waals surface area contributed by atoms with Crippen LogP contribution in [0.3, 0.4) is 0 Å². The van der Waals surface area contributed by atoms with E-state index in [1.54, 1.807) is 6.92 Å². The monoisotopic (exact) mass is 386 g/mol. The zero-order valence-electron chi connectivity index (χ0n) is 16.0. The second kappa shape index (κ2) is 7.43. The van der Waals surface area contributed by atoms with E-state index in [0.29, 0.717) is 17.5 Å². The number of rotatable bonds is 5. The number of nitrogens with zero attached hydrogens (tertiary/aromatic N) is 1. The molecule has 0 aliphatic heterocycles. The molecule has 1 aliphatic rings. The Morgan fingerprint density at radius 1 is 1.03 bits per heavy atom. The van der Waals surface area contributed by atoms with E-state index >= 15 is 0 Å². The molecule has 1 saturated carbocycles. The van der Waals surface area contributed by atoms with Crippen molar-refractivity contribution in [2.75, 3.05) is 0 Å². The standard InChI is InChI=1S/C24H22N2O3/c1-16-12-19(27)13-22(28)20(16)15-25-26-23(29)21-14-24(21,17-8-4-2-5-9-17)18-10-6-3-7-11-18/h2-13,15,21,27-28H,14H2,1H3,(H,26,29)/b25-15+. The molecule has 3 N–H and O–H groups in total. The van der Waals surface area contributed by atoms with Gasteiger partial charge in [0.05, 0.1) is 12.1 Å². The Morgan fingerprint density at radius 2 is 1.62 bits per heavy atom. The van der Waals surface area contributed by atoms with Crippen LogP contribution in [0, 0.1) is 12.8 Å². The molecule has 4 rings (SSSR count). The van der Waals surface area contributed by atoms with Crippen molar-refractivity contribution in [2.24, 2.45) is 11.0 Å². The van der Waals surface area contributed by atoms with E-state index < -0.39 is 0 Å². The molecule has 1 atom stereocenters. The maximum atomic E-state index is 12.9. The van der Waals surface area contributed by atoms with Crippen LogP contribution in [-0.4, -0.2) is 22.3 Å². The summed E-state index contributed by atoms with van der Waals surface area (Å²) in [6.45, 7) is 1.75. The molecular weight excluding hydrogens is 364 g/mol. The van der Waals surface area contributed by atoms with E-state index in [1.165, 1.54) is 18.3 Å². The van der Waals surface area contributed by atoms with Gasteiger partial charge in [-0.05, 0) is 36.1 Å². The lowest BCUT2D eigenvalue weighted by Gasteiger charge is -2.18. The topological polar surface area (TPSA) is 81.9 Å². The number of nitrogens with one attached hydrogen (secondary N) is 1. The Balaban J connectivity index is 1.55. The summed E-state index contributed by atoms with van der Waals surface area (Å²) in [5.41, 5.74) is 5.61. The highest BCUT2D eigenvalue weighted by Gasteiger charge is 2.60. The number of phenolic OH excluding ortho intramolecular Hbond substituents is 2. The number of hydrazone groups is 1. The molecule has 3 aromatic rings. The molecule has 0 spiro atoms. The van der Waals surface area contributed by atoms with Gasteiger partial charge in [-0.1, -0.05) is 60.7 Å². The van der Waals surface area contributed by atoms with Gasteiger partial charge in [0.25, 0.3) is 0 Å². The third kappa shape index (κ3) is 3.47. The number of amides is 1. The number of aryl methyl sites for hydroxylation is 1. The van der Waals surface area contributed by atoms with Crippen LogP contribution in [0.2, 0.25) is 0 Å². The molecule has 1 fully saturated rings. The molecule has 0 heterocycles. The zero-order chi connectivity index (χ0) is 20.4. The molecule has 29 heavy (non-hydrogen) atoms. The van der Waals surface area contributed by atoms with Gasteiger partial charge in [0, 0.05) is 17.0 Å². The molecule has 146 valence electrons. The smallest absolute Gasteiger partial charge is 0.244 e. The van der Waals surface area contributed by atoms with Crippen LogP contribution in [0.5, 0.6) is 11.5 Å². The van der Waals surface area contributed by atoms with Crippen LogP contribution in [0.25, 0.3) is 0 Å². The molecule has 1 amide bonds. The summed E-state index contributed by atoms with van der Waals surface area (Å²) in [4.78, 5) is 12.9. The first kappa shape index (κ1) is 18.7. The summed E-state index contributed by atoms with van der Waals surface area (Å²) in [7, 11) is 0. The Kier molecular flexibility index (Phi) is 4.80. The fourth-order valence-corrected chi connectivity index (χ4v) is 4.02. The fourth-order valence-electron chi connectivity index (χ4n) is 4.02. The first-order chi connectivity index (χ1) is 14.0. The number of carbonyl (C=O) groups is 1. The molecule has 0 bridgehead atoms. The first-order valence-corrected chi connectivity index (χ1v) is 9.49. The third-order valence-corrected chi connectivity index (χ3v) is 5.57. The maximum absolute atomic E-state index is 12.9. The molecule has 1 unspecified atom stereocenters. The summed E-state index contributed by atoms with van der Waals surface area (Å²) in [5, 5.41) is 23.5. The van der Waals surface area contributed by atoms with Gasteiger partial charge in [-0.3, -0.25) is 4.79 Å².